The van der Waals surface area contributed by atoms with Crippen LogP contribution in [-0.4, -0.2) is 16.8 Å². The summed E-state index contributed by atoms with van der Waals surface area (Å²) in [6.07, 6.45) is 4.17. The third-order valence-electron chi connectivity index (χ3n) is 3.21. The molecule has 0 aliphatic carbocycles. The van der Waals surface area contributed by atoms with Crippen molar-refractivity contribution < 1.29 is 0 Å². The largest absolute Gasteiger partial charge is 0.309 e. The molecular weight excluding hydrogens is 284 g/mol. The Morgan fingerprint density at radius 1 is 1.25 bits per heavy atom. The van der Waals surface area contributed by atoms with Crippen molar-refractivity contribution in [3.05, 3.63) is 47.5 Å². The maximum atomic E-state index is 4.41. The average molecular weight is 306 g/mol. The van der Waals surface area contributed by atoms with E-state index in [2.05, 4.69) is 54.5 Å². The lowest BCUT2D eigenvalue weighted by atomic mass is 10.0. The Balaban J connectivity index is 2.14. The summed E-state index contributed by atoms with van der Waals surface area (Å²) in [7, 11) is 0. The van der Waals surface area contributed by atoms with E-state index < -0.39 is 0 Å². The molecule has 2 atom stereocenters. The summed E-state index contributed by atoms with van der Waals surface area (Å²) >= 11 is 3.62. The summed E-state index contributed by atoms with van der Waals surface area (Å²) in [5, 5.41) is 6.26. The van der Waals surface area contributed by atoms with Crippen LogP contribution in [0.15, 0.2) is 46.2 Å². The summed E-state index contributed by atoms with van der Waals surface area (Å²) in [6, 6.07) is 11.1. The number of nitrogens with one attached hydrogen (secondary N) is 1. The molecule has 2 aromatic rings. The summed E-state index contributed by atoms with van der Waals surface area (Å²) < 4.78 is 1.16. The number of nitrogens with zero attached hydrogens (tertiary/aromatic N) is 1. The molecule has 1 heterocycles. The molecule has 0 spiro atoms. The monoisotopic (exact) mass is 306 g/mol. The first-order chi connectivity index (χ1) is 9.85. The first-order valence-corrected chi connectivity index (χ1v) is 8.95. The third kappa shape index (κ3) is 4.33. The lowest BCUT2D eigenvalue weighted by Crippen LogP contribution is -2.30. The van der Waals surface area contributed by atoms with Crippen molar-refractivity contribution in [2.45, 2.75) is 42.3 Å². The zero-order valence-corrected chi connectivity index (χ0v) is 13.7. The maximum Gasteiger partial charge on any atom is 0.150 e. The van der Waals surface area contributed by atoms with Crippen LogP contribution in [0.3, 0.4) is 0 Å². The van der Waals surface area contributed by atoms with Gasteiger partial charge in [0.2, 0.25) is 0 Å². The van der Waals surface area contributed by atoms with E-state index in [1.807, 2.05) is 23.3 Å². The normalized spacial score (nSPS) is 14.1. The molecule has 2 unspecified atom stereocenters. The van der Waals surface area contributed by atoms with Crippen LogP contribution in [0.5, 0.6) is 0 Å². The predicted octanol–water partition coefficient (Wildman–Crippen LogP) is 4.75. The molecule has 0 bridgehead atoms. The van der Waals surface area contributed by atoms with Crippen LogP contribution in [0.2, 0.25) is 0 Å². The lowest BCUT2D eigenvalue weighted by Gasteiger charge is -2.26. The average Bonchev–Trinajstić information content (AvgIpc) is 3.00. The van der Waals surface area contributed by atoms with Gasteiger partial charge in [-0.1, -0.05) is 55.9 Å². The van der Waals surface area contributed by atoms with E-state index in [0.29, 0.717) is 11.3 Å². The van der Waals surface area contributed by atoms with Gasteiger partial charge in [0.15, 0.2) is 0 Å². The molecule has 0 fully saturated rings. The molecule has 0 saturated heterocycles. The molecule has 108 valence electrons. The van der Waals surface area contributed by atoms with Gasteiger partial charge in [-0.3, -0.25) is 0 Å². The molecule has 0 aliphatic heterocycles. The van der Waals surface area contributed by atoms with Crippen LogP contribution in [0, 0.1) is 0 Å². The van der Waals surface area contributed by atoms with E-state index in [-0.39, 0.29) is 0 Å². The van der Waals surface area contributed by atoms with Gasteiger partial charge in [0.05, 0.1) is 0 Å². The summed E-state index contributed by atoms with van der Waals surface area (Å²) in [4.78, 5) is 4.41. The van der Waals surface area contributed by atoms with Crippen molar-refractivity contribution in [1.29, 1.82) is 0 Å². The van der Waals surface area contributed by atoms with Gasteiger partial charge in [0.1, 0.15) is 4.34 Å². The topological polar surface area (TPSA) is 24.9 Å². The molecular formula is C16H22N2S2. The van der Waals surface area contributed by atoms with Gasteiger partial charge in [-0.15, -0.1) is 11.3 Å². The van der Waals surface area contributed by atoms with Crippen LogP contribution < -0.4 is 5.32 Å². The zero-order valence-electron chi connectivity index (χ0n) is 12.1. The van der Waals surface area contributed by atoms with Gasteiger partial charge in [-0.05, 0) is 24.9 Å². The standard InChI is InChI=1S/C16H22N2S2/c1-3-10-17-15(13-8-6-5-7-9-13)14(4-2)20-16-18-11-12-19-16/h5-9,11-12,14-15,17H,3-4,10H2,1-2H3. The van der Waals surface area contributed by atoms with E-state index in [0.717, 1.165) is 23.7 Å². The van der Waals surface area contributed by atoms with E-state index in [1.165, 1.54) is 5.56 Å². The Kier molecular flexibility index (Phi) is 6.57. The molecule has 0 radical (unpaired) electrons. The third-order valence-corrected chi connectivity index (χ3v) is 5.57. The highest BCUT2D eigenvalue weighted by Gasteiger charge is 2.22. The van der Waals surface area contributed by atoms with Crippen molar-refractivity contribution >= 4 is 23.1 Å². The summed E-state index contributed by atoms with van der Waals surface area (Å²) in [5.74, 6) is 0. The molecule has 1 N–H and O–H groups in total. The fraction of sp³-hybridized carbons (Fsp3) is 0.438. The van der Waals surface area contributed by atoms with Crippen molar-refractivity contribution in [1.82, 2.24) is 10.3 Å². The molecule has 4 heteroatoms. The highest BCUT2D eigenvalue weighted by Crippen LogP contribution is 2.35. The Morgan fingerprint density at radius 3 is 2.65 bits per heavy atom. The van der Waals surface area contributed by atoms with Crippen LogP contribution in [-0.2, 0) is 0 Å². The quantitative estimate of drug-likeness (QED) is 0.712. The summed E-state index contributed by atoms with van der Waals surface area (Å²) in [6.45, 7) is 5.52. The van der Waals surface area contributed by atoms with E-state index in [4.69, 9.17) is 0 Å². The molecule has 2 rings (SSSR count). The van der Waals surface area contributed by atoms with Crippen molar-refractivity contribution in [2.24, 2.45) is 0 Å². The van der Waals surface area contributed by atoms with Crippen LogP contribution >= 0.6 is 23.1 Å². The number of rotatable bonds is 8. The zero-order chi connectivity index (χ0) is 14.2. The minimum Gasteiger partial charge on any atom is -0.309 e. The number of thioether (sulfide) groups is 1. The number of benzene rings is 1. The predicted molar refractivity (Wildman–Crippen MR) is 89.5 cm³/mol. The number of hydrogen-bond donors (Lipinski definition) is 1. The first-order valence-electron chi connectivity index (χ1n) is 7.19. The SMILES string of the molecule is CCCNC(c1ccccc1)C(CC)Sc1nccs1. The van der Waals surface area contributed by atoms with Crippen molar-refractivity contribution in [2.75, 3.05) is 6.54 Å². The van der Waals surface area contributed by atoms with Gasteiger partial charge in [0.25, 0.3) is 0 Å². The highest BCUT2D eigenvalue weighted by molar-refractivity contribution is 8.01. The molecule has 20 heavy (non-hydrogen) atoms. The van der Waals surface area contributed by atoms with Crippen LogP contribution in [0.25, 0.3) is 0 Å². The van der Waals surface area contributed by atoms with Gasteiger partial charge >= 0.3 is 0 Å². The minimum atomic E-state index is 0.384. The number of hydrogen-bond acceptors (Lipinski definition) is 4. The second-order valence-electron chi connectivity index (χ2n) is 4.71. The lowest BCUT2D eigenvalue weighted by molar-refractivity contribution is 0.505. The summed E-state index contributed by atoms with van der Waals surface area (Å²) in [5.41, 5.74) is 1.37. The van der Waals surface area contributed by atoms with Gasteiger partial charge in [0, 0.05) is 22.9 Å². The second-order valence-corrected chi connectivity index (χ2v) is 7.09. The Morgan fingerprint density at radius 2 is 2.05 bits per heavy atom. The van der Waals surface area contributed by atoms with E-state index in [9.17, 15) is 0 Å². The number of thiazole rings is 1. The van der Waals surface area contributed by atoms with Crippen LogP contribution in [0.4, 0.5) is 0 Å². The van der Waals surface area contributed by atoms with E-state index in [1.54, 1.807) is 11.3 Å². The minimum absolute atomic E-state index is 0.384. The second kappa shape index (κ2) is 8.45. The fourth-order valence-electron chi connectivity index (χ4n) is 2.21. The van der Waals surface area contributed by atoms with E-state index >= 15 is 0 Å². The molecule has 2 nitrogen and oxygen atoms in total. The van der Waals surface area contributed by atoms with Gasteiger partial charge < -0.3 is 5.32 Å². The molecule has 1 aromatic heterocycles. The van der Waals surface area contributed by atoms with Crippen LogP contribution in [0.1, 0.15) is 38.3 Å². The molecule has 1 aromatic carbocycles. The molecule has 0 saturated carbocycles. The van der Waals surface area contributed by atoms with Gasteiger partial charge in [-0.2, -0.15) is 0 Å². The van der Waals surface area contributed by atoms with Crippen molar-refractivity contribution in [3.63, 3.8) is 0 Å². The Labute approximate surface area is 130 Å². The highest BCUT2D eigenvalue weighted by atomic mass is 32.2. The fourth-order valence-corrected chi connectivity index (χ4v) is 4.27. The van der Waals surface area contributed by atoms with Crippen molar-refractivity contribution in [3.8, 4) is 0 Å². The Bertz CT molecular complexity index is 470. The smallest absolute Gasteiger partial charge is 0.150 e. The number of aromatic nitrogens is 1. The molecule has 0 aliphatic rings. The van der Waals surface area contributed by atoms with Gasteiger partial charge in [-0.25, -0.2) is 4.98 Å². The Hall–Kier alpha value is -0.840. The molecule has 0 amide bonds. The maximum absolute atomic E-state index is 4.41. The first kappa shape index (κ1) is 15.5.